The number of anilines is 1. The fraction of sp³-hybridized carbons (Fsp3) is 0.500. The molecule has 1 aromatic carbocycles. The van der Waals surface area contributed by atoms with Crippen LogP contribution in [0.1, 0.15) is 13.3 Å². The van der Waals surface area contributed by atoms with Crippen molar-refractivity contribution in [2.75, 3.05) is 25.1 Å². The molecule has 3 nitrogen and oxygen atoms in total. The van der Waals surface area contributed by atoms with Crippen molar-refractivity contribution in [2.24, 2.45) is 0 Å². The van der Waals surface area contributed by atoms with Crippen molar-refractivity contribution in [3.05, 3.63) is 22.7 Å². The van der Waals surface area contributed by atoms with Crippen LogP contribution in [0.5, 0.6) is 5.75 Å². The lowest BCUT2D eigenvalue weighted by molar-refractivity contribution is -0.274. The zero-order valence-corrected chi connectivity index (χ0v) is 12.0. The van der Waals surface area contributed by atoms with Gasteiger partial charge in [-0.05, 0) is 31.5 Å². The van der Waals surface area contributed by atoms with Crippen molar-refractivity contribution in [1.29, 1.82) is 0 Å². The Hall–Kier alpha value is -0.950. The minimum Gasteiger partial charge on any atom is -0.404 e. The van der Waals surface area contributed by atoms with Crippen molar-refractivity contribution in [3.8, 4) is 5.75 Å². The lowest BCUT2D eigenvalue weighted by Crippen LogP contribution is -2.18. The summed E-state index contributed by atoms with van der Waals surface area (Å²) in [5.74, 6) is -0.252. The van der Waals surface area contributed by atoms with Crippen LogP contribution in [0, 0.1) is 0 Å². The molecule has 0 atom stereocenters. The third-order valence-electron chi connectivity index (χ3n) is 2.15. The second-order valence-corrected chi connectivity index (χ2v) is 4.58. The highest BCUT2D eigenvalue weighted by molar-refractivity contribution is 9.10. The van der Waals surface area contributed by atoms with E-state index in [1.54, 1.807) is 6.07 Å². The number of hydrogen-bond acceptors (Lipinski definition) is 3. The monoisotopic (exact) mass is 341 g/mol. The van der Waals surface area contributed by atoms with Crippen LogP contribution in [0.2, 0.25) is 0 Å². The number of hydrogen-bond donors (Lipinski definition) is 1. The van der Waals surface area contributed by atoms with Crippen LogP contribution in [0.15, 0.2) is 22.7 Å². The molecule has 0 heterocycles. The summed E-state index contributed by atoms with van der Waals surface area (Å²) in [4.78, 5) is 0. The molecule has 0 spiro atoms. The Morgan fingerprint density at radius 1 is 1.32 bits per heavy atom. The van der Waals surface area contributed by atoms with E-state index in [0.717, 1.165) is 0 Å². The van der Waals surface area contributed by atoms with E-state index in [0.29, 0.717) is 36.3 Å². The second-order valence-electron chi connectivity index (χ2n) is 3.67. The quantitative estimate of drug-likeness (QED) is 0.754. The van der Waals surface area contributed by atoms with E-state index in [1.165, 1.54) is 12.1 Å². The van der Waals surface area contributed by atoms with Gasteiger partial charge in [-0.1, -0.05) is 15.9 Å². The van der Waals surface area contributed by atoms with Crippen LogP contribution in [0.3, 0.4) is 0 Å². The third-order valence-corrected chi connectivity index (χ3v) is 2.65. The van der Waals surface area contributed by atoms with Gasteiger partial charge >= 0.3 is 6.36 Å². The Kier molecular flexibility index (Phi) is 6.44. The molecule has 0 aliphatic carbocycles. The summed E-state index contributed by atoms with van der Waals surface area (Å²) in [6.07, 6.45) is -4.00. The van der Waals surface area contributed by atoms with Gasteiger partial charge in [0.25, 0.3) is 0 Å². The summed E-state index contributed by atoms with van der Waals surface area (Å²) in [6.45, 7) is 3.59. The summed E-state index contributed by atoms with van der Waals surface area (Å²) in [5, 5.41) is 2.90. The van der Waals surface area contributed by atoms with Crippen molar-refractivity contribution in [1.82, 2.24) is 0 Å². The van der Waals surface area contributed by atoms with Crippen molar-refractivity contribution >= 4 is 21.6 Å². The summed E-state index contributed by atoms with van der Waals surface area (Å²) in [7, 11) is 0. The molecule has 0 unspecified atom stereocenters. The molecule has 0 radical (unpaired) electrons. The molecule has 0 bridgehead atoms. The molecule has 0 saturated heterocycles. The topological polar surface area (TPSA) is 30.5 Å². The molecular formula is C12H15BrF3NO2. The van der Waals surface area contributed by atoms with Crippen LogP contribution in [0.4, 0.5) is 18.9 Å². The number of rotatable bonds is 7. The van der Waals surface area contributed by atoms with Gasteiger partial charge in [0, 0.05) is 24.2 Å². The molecule has 0 saturated carbocycles. The highest BCUT2D eigenvalue weighted by Crippen LogP contribution is 2.32. The van der Waals surface area contributed by atoms with E-state index < -0.39 is 6.36 Å². The molecule has 0 aliphatic rings. The largest absolute Gasteiger partial charge is 0.573 e. The Morgan fingerprint density at radius 2 is 2.05 bits per heavy atom. The molecule has 0 aromatic heterocycles. The van der Waals surface area contributed by atoms with Gasteiger partial charge in [0.2, 0.25) is 0 Å². The fourth-order valence-electron chi connectivity index (χ4n) is 1.39. The third kappa shape index (κ3) is 6.68. The predicted molar refractivity (Wildman–Crippen MR) is 70.4 cm³/mol. The zero-order valence-electron chi connectivity index (χ0n) is 10.4. The van der Waals surface area contributed by atoms with Gasteiger partial charge in [0.05, 0.1) is 5.69 Å². The smallest absolute Gasteiger partial charge is 0.404 e. The van der Waals surface area contributed by atoms with Gasteiger partial charge in [0.1, 0.15) is 0 Å². The molecule has 108 valence electrons. The van der Waals surface area contributed by atoms with E-state index >= 15 is 0 Å². The van der Waals surface area contributed by atoms with Crippen LogP contribution in [-0.4, -0.2) is 26.1 Å². The van der Waals surface area contributed by atoms with E-state index in [1.807, 2.05) is 6.92 Å². The maximum Gasteiger partial charge on any atom is 0.573 e. The molecule has 1 N–H and O–H groups in total. The first-order chi connectivity index (χ1) is 8.92. The Labute approximate surface area is 118 Å². The van der Waals surface area contributed by atoms with Gasteiger partial charge in [-0.15, -0.1) is 13.2 Å². The molecule has 0 fully saturated rings. The van der Waals surface area contributed by atoms with E-state index in [4.69, 9.17) is 4.74 Å². The normalized spacial score (nSPS) is 11.4. The number of nitrogens with one attached hydrogen (secondary N) is 1. The van der Waals surface area contributed by atoms with Crippen LogP contribution < -0.4 is 10.1 Å². The van der Waals surface area contributed by atoms with E-state index in [-0.39, 0.29) is 5.75 Å². The highest BCUT2D eigenvalue weighted by atomic mass is 79.9. The van der Waals surface area contributed by atoms with Crippen LogP contribution in [0.25, 0.3) is 0 Å². The maximum absolute atomic E-state index is 12.3. The maximum atomic E-state index is 12.3. The number of halogens is 4. The SMILES string of the molecule is CCOCCCNc1ccc(Br)cc1OC(F)(F)F. The highest BCUT2D eigenvalue weighted by Gasteiger charge is 2.32. The average molecular weight is 342 g/mol. The molecule has 7 heteroatoms. The summed E-state index contributed by atoms with van der Waals surface area (Å²) >= 11 is 3.11. The first kappa shape index (κ1) is 16.1. The van der Waals surface area contributed by atoms with Gasteiger partial charge in [-0.3, -0.25) is 0 Å². The molecule has 0 aliphatic heterocycles. The van der Waals surface area contributed by atoms with Crippen LogP contribution in [-0.2, 0) is 4.74 Å². The Morgan fingerprint density at radius 3 is 2.68 bits per heavy atom. The Balaban J connectivity index is 2.61. The number of benzene rings is 1. The summed E-state index contributed by atoms with van der Waals surface area (Å²) in [6, 6.07) is 4.46. The van der Waals surface area contributed by atoms with Crippen LogP contribution >= 0.6 is 15.9 Å². The minimum atomic E-state index is -4.71. The minimum absolute atomic E-state index is 0.252. The first-order valence-electron chi connectivity index (χ1n) is 5.79. The average Bonchev–Trinajstić information content (AvgIpc) is 2.29. The zero-order chi connectivity index (χ0) is 14.3. The summed E-state index contributed by atoms with van der Waals surface area (Å²) in [5.41, 5.74) is 0.303. The predicted octanol–water partition coefficient (Wildman–Crippen LogP) is 4.19. The van der Waals surface area contributed by atoms with Crippen molar-refractivity contribution < 1.29 is 22.6 Å². The van der Waals surface area contributed by atoms with Crippen molar-refractivity contribution in [2.45, 2.75) is 19.7 Å². The lowest BCUT2D eigenvalue weighted by Gasteiger charge is -2.15. The first-order valence-corrected chi connectivity index (χ1v) is 6.58. The van der Waals surface area contributed by atoms with Crippen molar-refractivity contribution in [3.63, 3.8) is 0 Å². The van der Waals surface area contributed by atoms with Gasteiger partial charge in [-0.25, -0.2) is 0 Å². The Bertz CT molecular complexity index is 399. The fourth-order valence-corrected chi connectivity index (χ4v) is 1.73. The molecule has 1 aromatic rings. The van der Waals surface area contributed by atoms with Gasteiger partial charge < -0.3 is 14.8 Å². The second kappa shape index (κ2) is 7.59. The van der Waals surface area contributed by atoms with Gasteiger partial charge in [0.15, 0.2) is 5.75 Å². The number of alkyl halides is 3. The molecule has 0 amide bonds. The number of ether oxygens (including phenoxy) is 2. The van der Waals surface area contributed by atoms with E-state index in [2.05, 4.69) is 26.0 Å². The van der Waals surface area contributed by atoms with E-state index in [9.17, 15) is 13.2 Å². The molecule has 1 rings (SSSR count). The summed E-state index contributed by atoms with van der Waals surface area (Å²) < 4.78 is 46.4. The lowest BCUT2D eigenvalue weighted by atomic mass is 10.3. The van der Waals surface area contributed by atoms with Gasteiger partial charge in [-0.2, -0.15) is 0 Å². The molecule has 19 heavy (non-hydrogen) atoms. The standard InChI is InChI=1S/C12H15BrF3NO2/c1-2-18-7-3-6-17-10-5-4-9(13)8-11(10)19-12(14,15)16/h4-5,8,17H,2-3,6-7H2,1H3. The molecular weight excluding hydrogens is 327 g/mol.